The van der Waals surface area contributed by atoms with E-state index in [9.17, 15) is 13.2 Å². The van der Waals surface area contributed by atoms with Gasteiger partial charge in [0.05, 0.1) is 10.6 Å². The third kappa shape index (κ3) is 3.90. The van der Waals surface area contributed by atoms with E-state index >= 15 is 0 Å². The minimum atomic E-state index is -3.81. The monoisotopic (exact) mass is 466 g/mol. The van der Waals surface area contributed by atoms with Crippen molar-refractivity contribution in [2.75, 3.05) is 10.8 Å². The Kier molecular flexibility index (Phi) is 5.44. The fourth-order valence-electron chi connectivity index (χ4n) is 4.84. The van der Waals surface area contributed by atoms with Gasteiger partial charge < -0.3 is 9.84 Å². The lowest BCUT2D eigenvalue weighted by Gasteiger charge is -2.30. The zero-order valence-corrected chi connectivity index (χ0v) is 19.3. The molecule has 1 saturated carbocycles. The minimum Gasteiger partial charge on any atom is -0.340 e. The van der Waals surface area contributed by atoms with E-state index in [1.807, 2.05) is 24.3 Å². The van der Waals surface area contributed by atoms with Crippen molar-refractivity contribution in [3.8, 4) is 0 Å². The molecular formula is C24H26N4O4S. The van der Waals surface area contributed by atoms with E-state index in [1.165, 1.54) is 16.4 Å². The van der Waals surface area contributed by atoms with Crippen LogP contribution in [0.2, 0.25) is 0 Å². The number of aromatic nitrogens is 2. The highest BCUT2D eigenvalue weighted by molar-refractivity contribution is 7.92. The van der Waals surface area contributed by atoms with Gasteiger partial charge >= 0.3 is 0 Å². The van der Waals surface area contributed by atoms with Gasteiger partial charge in [-0.1, -0.05) is 42.3 Å². The first kappa shape index (κ1) is 21.6. The number of carbonyl (C=O) groups excluding carboxylic acids is 1. The molecule has 3 aromatic rings. The fraction of sp³-hybridized carbons (Fsp3) is 0.375. The van der Waals surface area contributed by atoms with E-state index < -0.39 is 15.6 Å². The summed E-state index contributed by atoms with van der Waals surface area (Å²) in [5.41, 5.74) is 1.30. The molecule has 2 heterocycles. The van der Waals surface area contributed by atoms with E-state index in [0.29, 0.717) is 36.8 Å². The van der Waals surface area contributed by atoms with Crippen LogP contribution in [0.1, 0.15) is 59.7 Å². The molecule has 33 heavy (non-hydrogen) atoms. The highest BCUT2D eigenvalue weighted by Gasteiger charge is 2.41. The number of sulfonamides is 1. The summed E-state index contributed by atoms with van der Waals surface area (Å²) in [4.78, 5) is 17.7. The number of hydrogen-bond acceptors (Lipinski definition) is 6. The predicted octanol–water partition coefficient (Wildman–Crippen LogP) is 3.72. The van der Waals surface area contributed by atoms with Crippen LogP contribution in [-0.2, 0) is 22.0 Å². The molecule has 2 aliphatic rings. The lowest BCUT2D eigenvalue weighted by Crippen LogP contribution is -2.44. The van der Waals surface area contributed by atoms with Crippen LogP contribution >= 0.6 is 0 Å². The van der Waals surface area contributed by atoms with Gasteiger partial charge in [0.2, 0.25) is 5.89 Å². The van der Waals surface area contributed by atoms with Gasteiger partial charge in [-0.05, 0) is 55.5 Å². The molecule has 0 saturated heterocycles. The maximum Gasteiger partial charge on any atom is 0.264 e. The van der Waals surface area contributed by atoms with Gasteiger partial charge in [0, 0.05) is 19.0 Å². The second-order valence-electron chi connectivity index (χ2n) is 8.72. The number of amides is 1. The molecule has 0 spiro atoms. The largest absolute Gasteiger partial charge is 0.340 e. The molecule has 0 bridgehead atoms. The number of rotatable bonds is 5. The number of anilines is 1. The van der Waals surface area contributed by atoms with Gasteiger partial charge in [-0.15, -0.1) is 0 Å². The molecule has 0 radical (unpaired) electrons. The fourth-order valence-corrected chi connectivity index (χ4v) is 6.43. The Morgan fingerprint density at radius 3 is 2.64 bits per heavy atom. The van der Waals surface area contributed by atoms with Crippen molar-refractivity contribution in [3.05, 3.63) is 71.4 Å². The highest BCUT2D eigenvalue weighted by atomic mass is 32.2. The lowest BCUT2D eigenvalue weighted by atomic mass is 9.96. The van der Waals surface area contributed by atoms with Crippen molar-refractivity contribution in [2.24, 2.45) is 0 Å². The number of nitrogens with zero attached hydrogens (tertiary/aromatic N) is 3. The predicted molar refractivity (Wildman–Crippen MR) is 122 cm³/mol. The highest BCUT2D eigenvalue weighted by Crippen LogP contribution is 2.38. The molecule has 2 aromatic carbocycles. The molecule has 172 valence electrons. The van der Waals surface area contributed by atoms with Crippen LogP contribution in [0.3, 0.4) is 0 Å². The summed E-state index contributed by atoms with van der Waals surface area (Å²) in [6.45, 7) is 2.13. The van der Waals surface area contributed by atoms with Crippen molar-refractivity contribution in [2.45, 2.75) is 55.9 Å². The van der Waals surface area contributed by atoms with E-state index in [1.54, 1.807) is 19.1 Å². The first-order valence-electron chi connectivity index (χ1n) is 11.2. The Bertz CT molecular complexity index is 1300. The average Bonchev–Trinajstić information content (AvgIpc) is 3.48. The van der Waals surface area contributed by atoms with Crippen LogP contribution in [0.15, 0.2) is 57.9 Å². The Labute approximate surface area is 193 Å². The molecule has 1 N–H and O–H groups in total. The van der Waals surface area contributed by atoms with Crippen LogP contribution in [0, 0.1) is 6.92 Å². The number of carbonyl (C=O) groups is 1. The lowest BCUT2D eigenvalue weighted by molar-refractivity contribution is 0.0891. The van der Waals surface area contributed by atoms with Crippen LogP contribution in [0.25, 0.3) is 0 Å². The Morgan fingerprint density at radius 1 is 1.09 bits per heavy atom. The third-order valence-corrected chi connectivity index (χ3v) is 8.33. The van der Waals surface area contributed by atoms with Crippen LogP contribution in [0.5, 0.6) is 0 Å². The average molecular weight is 467 g/mol. The van der Waals surface area contributed by atoms with Crippen LogP contribution in [0.4, 0.5) is 5.69 Å². The van der Waals surface area contributed by atoms with Gasteiger partial charge in [-0.25, -0.2) is 8.42 Å². The molecule has 0 unspecified atom stereocenters. The summed E-state index contributed by atoms with van der Waals surface area (Å²) in [5, 5.41) is 7.13. The number of aryl methyl sites for hydroxylation is 2. The third-order valence-electron chi connectivity index (χ3n) is 6.52. The second kappa shape index (κ2) is 8.30. The van der Waals surface area contributed by atoms with Crippen LogP contribution < -0.4 is 9.62 Å². The van der Waals surface area contributed by atoms with Crippen molar-refractivity contribution >= 4 is 21.6 Å². The van der Waals surface area contributed by atoms with Gasteiger partial charge in [0.1, 0.15) is 5.54 Å². The second-order valence-corrected chi connectivity index (χ2v) is 10.6. The Morgan fingerprint density at radius 2 is 1.88 bits per heavy atom. The molecular weight excluding hydrogens is 440 g/mol. The molecule has 9 heteroatoms. The molecule has 5 rings (SSSR count). The van der Waals surface area contributed by atoms with E-state index in [2.05, 4.69) is 15.5 Å². The van der Waals surface area contributed by atoms with Crippen molar-refractivity contribution in [1.82, 2.24) is 15.5 Å². The van der Waals surface area contributed by atoms with Crippen molar-refractivity contribution < 1.29 is 17.7 Å². The molecule has 1 amide bonds. The van der Waals surface area contributed by atoms with Gasteiger partial charge in [0.15, 0.2) is 5.82 Å². The van der Waals surface area contributed by atoms with E-state index in [0.717, 1.165) is 31.2 Å². The Hall–Kier alpha value is -3.20. The van der Waals surface area contributed by atoms with E-state index in [-0.39, 0.29) is 16.4 Å². The number of nitrogens with one attached hydrogen (secondary N) is 1. The quantitative estimate of drug-likeness (QED) is 0.614. The maximum atomic E-state index is 13.5. The van der Waals surface area contributed by atoms with Crippen LogP contribution in [-0.4, -0.2) is 31.0 Å². The zero-order chi connectivity index (χ0) is 23.1. The number of hydrogen-bond donors (Lipinski definition) is 1. The molecule has 0 atom stereocenters. The standard InChI is InChI=1S/C24H26N4O4S/c1-17-25-23(27-32-17)24(13-4-5-14-24)26-22(29)19-9-6-11-20(16-19)33(30,31)28-15-7-10-18-8-2-3-12-21(18)28/h2-3,6,8-9,11-12,16H,4-5,7,10,13-15H2,1H3,(H,26,29). The molecule has 1 aliphatic heterocycles. The summed E-state index contributed by atoms with van der Waals surface area (Å²) in [6, 6.07) is 13.8. The first-order chi connectivity index (χ1) is 15.9. The molecule has 1 fully saturated rings. The van der Waals surface area contributed by atoms with E-state index in [4.69, 9.17) is 4.52 Å². The normalized spacial score (nSPS) is 17.5. The SMILES string of the molecule is Cc1nc(C2(NC(=O)c3cccc(S(=O)(=O)N4CCCc5ccccc54)c3)CCCC2)no1. The summed E-state index contributed by atoms with van der Waals surface area (Å²) in [5.74, 6) is 0.565. The number of para-hydroxylation sites is 1. The summed E-state index contributed by atoms with van der Waals surface area (Å²) in [7, 11) is -3.81. The van der Waals surface area contributed by atoms with Gasteiger partial charge in [0.25, 0.3) is 15.9 Å². The maximum absolute atomic E-state index is 13.5. The smallest absolute Gasteiger partial charge is 0.264 e. The topological polar surface area (TPSA) is 105 Å². The minimum absolute atomic E-state index is 0.0998. The molecule has 1 aliphatic carbocycles. The number of fused-ring (bicyclic) bond motifs is 1. The molecule has 8 nitrogen and oxygen atoms in total. The van der Waals surface area contributed by atoms with Gasteiger partial charge in [-0.3, -0.25) is 9.10 Å². The number of benzene rings is 2. The zero-order valence-electron chi connectivity index (χ0n) is 18.5. The summed E-state index contributed by atoms with van der Waals surface area (Å²) in [6.07, 6.45) is 4.90. The van der Waals surface area contributed by atoms with Gasteiger partial charge in [-0.2, -0.15) is 4.98 Å². The van der Waals surface area contributed by atoms with Crippen molar-refractivity contribution in [1.29, 1.82) is 0 Å². The first-order valence-corrected chi connectivity index (χ1v) is 12.7. The summed E-state index contributed by atoms with van der Waals surface area (Å²) >= 11 is 0. The summed E-state index contributed by atoms with van der Waals surface area (Å²) < 4.78 is 33.6. The van der Waals surface area contributed by atoms with Crippen molar-refractivity contribution in [3.63, 3.8) is 0 Å². The molecule has 1 aromatic heterocycles. The Balaban J connectivity index is 1.44.